The van der Waals surface area contributed by atoms with Crippen LogP contribution in [0.3, 0.4) is 0 Å². The van der Waals surface area contributed by atoms with Gasteiger partial charge in [-0.1, -0.05) is 91.0 Å². The summed E-state index contributed by atoms with van der Waals surface area (Å²) in [5, 5.41) is 8.58. The van der Waals surface area contributed by atoms with Gasteiger partial charge in [-0.3, -0.25) is 0 Å². The topological polar surface area (TPSA) is 31.2 Å². The third kappa shape index (κ3) is 6.68. The molecule has 0 aliphatic carbocycles. The van der Waals surface area contributed by atoms with Crippen molar-refractivity contribution >= 4 is 31.5 Å². The first-order valence-corrected chi connectivity index (χ1v) is 16.6. The van der Waals surface area contributed by atoms with Crippen LogP contribution in [0.15, 0.2) is 101 Å². The Hall–Kier alpha value is -2.52. The van der Waals surface area contributed by atoms with Crippen LogP contribution >= 0.6 is 7.68 Å². The van der Waals surface area contributed by atoms with Gasteiger partial charge in [-0.15, -0.1) is 5.11 Å². The van der Waals surface area contributed by atoms with E-state index in [4.69, 9.17) is 9.89 Å². The lowest BCUT2D eigenvalue weighted by molar-refractivity contribution is 0.265. The lowest BCUT2D eigenvalue weighted by Gasteiger charge is -2.40. The number of nitrogens with zero attached hydrogens (tertiary/aromatic N) is 4. The van der Waals surface area contributed by atoms with E-state index in [9.17, 15) is 0 Å². The van der Waals surface area contributed by atoms with E-state index in [1.165, 1.54) is 15.6 Å². The van der Waals surface area contributed by atoms with E-state index < -0.39 is 15.9 Å². The van der Waals surface area contributed by atoms with E-state index >= 15 is 0 Å². The van der Waals surface area contributed by atoms with Crippen molar-refractivity contribution < 1.29 is 0 Å². The maximum absolute atomic E-state index is 5.32. The van der Waals surface area contributed by atoms with Gasteiger partial charge in [-0.05, 0) is 71.0 Å². The summed E-state index contributed by atoms with van der Waals surface area (Å²) in [6.45, 7) is 18.1. The molecular weight excluding hydrogens is 487 g/mol. The van der Waals surface area contributed by atoms with Crippen LogP contribution in [0.5, 0.6) is 0 Å². The zero-order chi connectivity index (χ0) is 27.0. The van der Waals surface area contributed by atoms with Crippen LogP contribution in [0.1, 0.15) is 55.4 Å². The lowest BCUT2D eigenvalue weighted by atomic mass is 10.3. The number of rotatable bonds is 8. The highest BCUT2D eigenvalue weighted by atomic mass is 31.1. The average Bonchev–Trinajstić information content (AvgIpc) is 2.87. The second-order valence-corrected chi connectivity index (χ2v) is 15.6. The Morgan fingerprint density at radius 1 is 0.541 bits per heavy atom. The molecule has 196 valence electrons. The molecule has 0 aromatic heterocycles. The molecule has 0 N–H and O–H groups in total. The van der Waals surface area contributed by atoms with Crippen molar-refractivity contribution in [3.8, 4) is 5.75 Å². The fourth-order valence-electron chi connectivity index (χ4n) is 5.14. The summed E-state index contributed by atoms with van der Waals surface area (Å²) in [7, 11) is -3.73. The molecule has 0 fully saturated rings. The number of hydrogen-bond donors (Lipinski definition) is 0. The van der Waals surface area contributed by atoms with Gasteiger partial charge in [0.25, 0.3) is 0 Å². The second-order valence-electron chi connectivity index (χ2n) is 10.5. The van der Waals surface area contributed by atoms with Gasteiger partial charge in [-0.2, -0.15) is 0 Å². The molecule has 3 aromatic carbocycles. The zero-order valence-electron chi connectivity index (χ0n) is 23.7. The molecule has 4 nitrogen and oxygen atoms in total. The molecule has 0 spiro atoms. The highest BCUT2D eigenvalue weighted by Gasteiger charge is 2.41. The molecule has 0 aliphatic rings. The summed E-state index contributed by atoms with van der Waals surface area (Å²) in [6.07, 6.45) is 0. The molecule has 0 unspecified atom stereocenters. The van der Waals surface area contributed by atoms with Crippen LogP contribution in [0, 0.1) is 5.75 Å². The minimum absolute atomic E-state index is 0.369. The SMILES string of the molecule is CC(C)N(C(C)C)P(#CN=N[Si](c1ccccc1)(c1ccccc1)c1ccccc1)N(C(C)C)C(C)C. The summed E-state index contributed by atoms with van der Waals surface area (Å²) in [5.74, 6) is 3.62. The van der Waals surface area contributed by atoms with E-state index in [-0.39, 0.29) is 0 Å². The van der Waals surface area contributed by atoms with Crippen molar-refractivity contribution in [3.63, 3.8) is 0 Å². The van der Waals surface area contributed by atoms with Gasteiger partial charge in [-0.25, -0.2) is 14.1 Å². The molecule has 0 atom stereocenters. The van der Waals surface area contributed by atoms with Crippen molar-refractivity contribution in [1.82, 2.24) is 9.34 Å². The van der Waals surface area contributed by atoms with Crippen LogP contribution in [0.25, 0.3) is 0 Å². The lowest BCUT2D eigenvalue weighted by Crippen LogP contribution is -2.65. The average molecular weight is 531 g/mol. The molecule has 6 heteroatoms. The van der Waals surface area contributed by atoms with Crippen LogP contribution in [0.2, 0.25) is 0 Å². The minimum atomic E-state index is -2.80. The molecule has 37 heavy (non-hydrogen) atoms. The van der Waals surface area contributed by atoms with Gasteiger partial charge in [0.15, 0.2) is 0 Å². The number of hydrogen-bond acceptors (Lipinski definition) is 4. The predicted octanol–water partition coefficient (Wildman–Crippen LogP) is 6.57. The van der Waals surface area contributed by atoms with Gasteiger partial charge in [0, 0.05) is 24.2 Å². The fraction of sp³-hybridized carbons (Fsp3) is 0.387. The van der Waals surface area contributed by atoms with E-state index in [1.807, 2.05) is 0 Å². The quantitative estimate of drug-likeness (QED) is 0.143. The summed E-state index contributed by atoms with van der Waals surface area (Å²) >= 11 is 0. The number of benzene rings is 3. The van der Waals surface area contributed by atoms with Crippen LogP contribution in [-0.4, -0.2) is 41.7 Å². The monoisotopic (exact) mass is 530 g/mol. The summed E-state index contributed by atoms with van der Waals surface area (Å²) in [4.78, 5) is 0. The fourth-order valence-corrected chi connectivity index (χ4v) is 11.1. The third-order valence-electron chi connectivity index (χ3n) is 6.46. The molecule has 0 amide bonds. The van der Waals surface area contributed by atoms with Crippen molar-refractivity contribution in [2.45, 2.75) is 79.6 Å². The molecule has 3 aromatic rings. The smallest absolute Gasteiger partial charge is 0.240 e. The van der Waals surface area contributed by atoms with E-state index in [0.717, 1.165) is 0 Å². The predicted molar refractivity (Wildman–Crippen MR) is 164 cm³/mol. The van der Waals surface area contributed by atoms with Crippen molar-refractivity contribution in [2.75, 3.05) is 0 Å². The summed E-state index contributed by atoms with van der Waals surface area (Å²) in [5.41, 5.74) is 0. The minimum Gasteiger partial charge on any atom is -0.240 e. The molecule has 3 rings (SSSR count). The third-order valence-corrected chi connectivity index (χ3v) is 13.4. The highest BCUT2D eigenvalue weighted by Crippen LogP contribution is 2.38. The van der Waals surface area contributed by atoms with Gasteiger partial charge in [0.2, 0.25) is 0 Å². The van der Waals surface area contributed by atoms with Crippen LogP contribution in [0.4, 0.5) is 0 Å². The van der Waals surface area contributed by atoms with Gasteiger partial charge in [0.1, 0.15) is 0 Å². The Morgan fingerprint density at radius 2 is 0.838 bits per heavy atom. The van der Waals surface area contributed by atoms with Crippen LogP contribution < -0.4 is 15.6 Å². The first-order valence-electron chi connectivity index (χ1n) is 13.4. The van der Waals surface area contributed by atoms with E-state index in [0.29, 0.717) is 24.2 Å². The van der Waals surface area contributed by atoms with Crippen molar-refractivity contribution in [2.24, 2.45) is 9.89 Å². The Bertz CT molecular complexity index is 1080. The molecule has 0 bridgehead atoms. The van der Waals surface area contributed by atoms with E-state index in [2.05, 4.69) is 161 Å². The summed E-state index contributed by atoms with van der Waals surface area (Å²) in [6, 6.07) is 33.6. The molecule has 0 heterocycles. The Morgan fingerprint density at radius 3 is 1.11 bits per heavy atom. The second kappa shape index (κ2) is 13.3. The van der Waals surface area contributed by atoms with Crippen molar-refractivity contribution in [1.29, 1.82) is 0 Å². The molecule has 0 aliphatic heterocycles. The van der Waals surface area contributed by atoms with Crippen molar-refractivity contribution in [3.05, 3.63) is 91.0 Å². The first-order chi connectivity index (χ1) is 17.7. The van der Waals surface area contributed by atoms with Crippen LogP contribution in [-0.2, 0) is 0 Å². The van der Waals surface area contributed by atoms with Gasteiger partial charge < -0.3 is 0 Å². The largest absolute Gasteiger partial charge is 0.302 e. The zero-order valence-corrected chi connectivity index (χ0v) is 25.6. The Kier molecular flexibility index (Phi) is 10.5. The normalized spacial score (nSPS) is 12.5. The standard InChI is InChI=1S/C31H43N4PSi/c1-25(2)34(26(3)4)36(35(27(5)6)28(7)8)24-32-33-37(29-18-12-9-13-19-29,30-20-14-10-15-21-30)31-22-16-11-17-23-31/h9-23,25-28H,1-8H3. The Balaban J connectivity index is 2.34. The van der Waals surface area contributed by atoms with Gasteiger partial charge in [0.05, 0.1) is 13.4 Å². The molecule has 0 saturated heterocycles. The maximum atomic E-state index is 5.32. The first kappa shape index (κ1) is 29.0. The maximum Gasteiger partial charge on any atom is 0.302 e. The highest BCUT2D eigenvalue weighted by molar-refractivity contribution is 7.41. The summed E-state index contributed by atoms with van der Waals surface area (Å²) < 4.78 is 10.4. The van der Waals surface area contributed by atoms with E-state index in [1.54, 1.807) is 0 Å². The Labute approximate surface area is 226 Å². The molecule has 0 radical (unpaired) electrons. The molecular formula is C31H43N4PSi. The van der Waals surface area contributed by atoms with Gasteiger partial charge >= 0.3 is 8.24 Å². The molecule has 0 saturated carbocycles.